The minimum absolute atomic E-state index is 0.0358. The van der Waals surface area contributed by atoms with Crippen molar-refractivity contribution in [3.05, 3.63) is 70.8 Å². The van der Waals surface area contributed by atoms with E-state index in [4.69, 9.17) is 0 Å². The van der Waals surface area contributed by atoms with Gasteiger partial charge in [-0.15, -0.1) is 0 Å². The highest BCUT2D eigenvalue weighted by Crippen LogP contribution is 2.30. The minimum atomic E-state index is -4.31. The Morgan fingerprint density at radius 2 is 1.62 bits per heavy atom. The molecule has 0 spiro atoms. The summed E-state index contributed by atoms with van der Waals surface area (Å²) in [6.07, 6.45) is -3.80. The second-order valence-corrected chi connectivity index (χ2v) is 5.13. The fraction of sp³-hybridized carbons (Fsp3) is 0.294. The molecule has 2 rings (SSSR count). The molecule has 0 saturated heterocycles. The van der Waals surface area contributed by atoms with Gasteiger partial charge in [0.15, 0.2) is 0 Å². The lowest BCUT2D eigenvalue weighted by Gasteiger charge is -2.17. The zero-order valence-electron chi connectivity index (χ0n) is 11.7. The third kappa shape index (κ3) is 3.85. The van der Waals surface area contributed by atoms with Crippen LogP contribution in [0.2, 0.25) is 0 Å². The van der Waals surface area contributed by atoms with Crippen LogP contribution in [0.15, 0.2) is 48.5 Å². The predicted octanol–water partition coefficient (Wildman–Crippen LogP) is 4.33. The van der Waals surface area contributed by atoms with Crippen LogP contribution in [0.3, 0.4) is 0 Å². The molecule has 1 unspecified atom stereocenters. The van der Waals surface area contributed by atoms with Gasteiger partial charge in [0, 0.05) is 5.92 Å². The van der Waals surface area contributed by atoms with Gasteiger partial charge in [-0.3, -0.25) is 0 Å². The van der Waals surface area contributed by atoms with E-state index in [-0.39, 0.29) is 12.5 Å². The van der Waals surface area contributed by atoms with Crippen molar-refractivity contribution in [1.29, 1.82) is 0 Å². The second kappa shape index (κ2) is 6.31. The Morgan fingerprint density at radius 3 is 2.14 bits per heavy atom. The first-order valence-electron chi connectivity index (χ1n) is 6.74. The van der Waals surface area contributed by atoms with Gasteiger partial charge in [-0.05, 0) is 42.2 Å². The number of aliphatic hydroxyl groups excluding tert-OH is 1. The molecule has 112 valence electrons. The minimum Gasteiger partial charge on any atom is -0.396 e. The topological polar surface area (TPSA) is 20.2 Å². The fourth-order valence-corrected chi connectivity index (χ4v) is 2.43. The number of aryl methyl sites for hydroxylation is 1. The Hall–Kier alpha value is -1.81. The van der Waals surface area contributed by atoms with Crippen molar-refractivity contribution in [2.75, 3.05) is 6.61 Å². The molecule has 1 atom stereocenters. The van der Waals surface area contributed by atoms with Gasteiger partial charge < -0.3 is 5.11 Å². The number of aliphatic hydroxyl groups is 1. The second-order valence-electron chi connectivity index (χ2n) is 5.13. The Bertz CT molecular complexity index is 588. The Kier molecular flexibility index (Phi) is 4.68. The van der Waals surface area contributed by atoms with E-state index in [0.29, 0.717) is 6.42 Å². The number of halogens is 3. The van der Waals surface area contributed by atoms with E-state index in [0.717, 1.165) is 28.8 Å². The van der Waals surface area contributed by atoms with Crippen molar-refractivity contribution >= 4 is 0 Å². The van der Waals surface area contributed by atoms with Crippen LogP contribution in [0.1, 0.15) is 28.2 Å². The highest BCUT2D eigenvalue weighted by molar-refractivity contribution is 5.32. The number of hydrogen-bond acceptors (Lipinski definition) is 1. The lowest BCUT2D eigenvalue weighted by atomic mass is 9.89. The largest absolute Gasteiger partial charge is 0.416 e. The molecular weight excluding hydrogens is 277 g/mol. The molecule has 0 aromatic heterocycles. The van der Waals surface area contributed by atoms with Crippen LogP contribution in [-0.4, -0.2) is 11.7 Å². The number of alkyl halides is 3. The van der Waals surface area contributed by atoms with Crippen LogP contribution in [0.25, 0.3) is 0 Å². The Labute approximate surface area is 122 Å². The van der Waals surface area contributed by atoms with Crippen molar-refractivity contribution in [3.63, 3.8) is 0 Å². The van der Waals surface area contributed by atoms with Crippen molar-refractivity contribution in [2.45, 2.75) is 25.4 Å². The van der Waals surface area contributed by atoms with Crippen LogP contribution in [0, 0.1) is 6.92 Å². The summed E-state index contributed by atoms with van der Waals surface area (Å²) in [6, 6.07) is 12.9. The molecule has 0 aliphatic carbocycles. The SMILES string of the molecule is Cc1ccccc1C(CO)Cc1ccc(C(F)(F)F)cc1. The summed E-state index contributed by atoms with van der Waals surface area (Å²) in [5, 5.41) is 9.57. The normalized spacial score (nSPS) is 13.2. The molecule has 0 aliphatic heterocycles. The van der Waals surface area contributed by atoms with Crippen molar-refractivity contribution in [1.82, 2.24) is 0 Å². The number of benzene rings is 2. The molecule has 2 aromatic carbocycles. The average molecular weight is 294 g/mol. The molecule has 0 bridgehead atoms. The van der Waals surface area contributed by atoms with E-state index in [1.54, 1.807) is 0 Å². The maximum Gasteiger partial charge on any atom is 0.416 e. The molecular formula is C17H17F3O. The van der Waals surface area contributed by atoms with Gasteiger partial charge >= 0.3 is 6.18 Å². The molecule has 1 nitrogen and oxygen atoms in total. The summed E-state index contributed by atoms with van der Waals surface area (Å²) in [5.41, 5.74) is 2.23. The summed E-state index contributed by atoms with van der Waals surface area (Å²) in [6.45, 7) is 1.93. The van der Waals surface area contributed by atoms with Crippen molar-refractivity contribution < 1.29 is 18.3 Å². The van der Waals surface area contributed by atoms with E-state index in [9.17, 15) is 18.3 Å². The van der Waals surface area contributed by atoms with E-state index < -0.39 is 11.7 Å². The molecule has 0 amide bonds. The fourth-order valence-electron chi connectivity index (χ4n) is 2.43. The molecule has 0 heterocycles. The first-order chi connectivity index (χ1) is 9.91. The standard InChI is InChI=1S/C17H17F3O/c1-12-4-2-3-5-16(12)14(11-21)10-13-6-8-15(9-7-13)17(18,19)20/h2-9,14,21H,10-11H2,1H3. The average Bonchev–Trinajstić information content (AvgIpc) is 2.45. The van der Waals surface area contributed by atoms with Crippen LogP contribution >= 0.6 is 0 Å². The van der Waals surface area contributed by atoms with Gasteiger partial charge in [0.2, 0.25) is 0 Å². The van der Waals surface area contributed by atoms with E-state index in [1.807, 2.05) is 31.2 Å². The van der Waals surface area contributed by atoms with Gasteiger partial charge in [-0.1, -0.05) is 36.4 Å². The van der Waals surface area contributed by atoms with Gasteiger partial charge in [0.25, 0.3) is 0 Å². The molecule has 0 radical (unpaired) electrons. The van der Waals surface area contributed by atoms with Crippen LogP contribution in [0.4, 0.5) is 13.2 Å². The maximum atomic E-state index is 12.5. The van der Waals surface area contributed by atoms with Crippen LogP contribution in [0.5, 0.6) is 0 Å². The van der Waals surface area contributed by atoms with E-state index >= 15 is 0 Å². The van der Waals surface area contributed by atoms with Crippen molar-refractivity contribution in [3.8, 4) is 0 Å². The van der Waals surface area contributed by atoms with Crippen LogP contribution in [-0.2, 0) is 12.6 Å². The first-order valence-corrected chi connectivity index (χ1v) is 6.74. The molecule has 0 fully saturated rings. The van der Waals surface area contributed by atoms with Crippen LogP contribution < -0.4 is 0 Å². The van der Waals surface area contributed by atoms with Gasteiger partial charge in [0.05, 0.1) is 12.2 Å². The van der Waals surface area contributed by atoms with E-state index in [1.165, 1.54) is 12.1 Å². The Balaban J connectivity index is 2.18. The predicted molar refractivity (Wildman–Crippen MR) is 76.2 cm³/mol. The summed E-state index contributed by atoms with van der Waals surface area (Å²) in [4.78, 5) is 0. The lowest BCUT2D eigenvalue weighted by Crippen LogP contribution is -2.10. The quantitative estimate of drug-likeness (QED) is 0.889. The van der Waals surface area contributed by atoms with Gasteiger partial charge in [-0.2, -0.15) is 13.2 Å². The van der Waals surface area contributed by atoms with E-state index in [2.05, 4.69) is 0 Å². The third-order valence-corrected chi connectivity index (χ3v) is 3.61. The Morgan fingerprint density at radius 1 is 1.00 bits per heavy atom. The van der Waals surface area contributed by atoms with Crippen molar-refractivity contribution in [2.24, 2.45) is 0 Å². The maximum absolute atomic E-state index is 12.5. The molecule has 2 aromatic rings. The number of hydrogen-bond donors (Lipinski definition) is 1. The molecule has 1 N–H and O–H groups in total. The summed E-state index contributed by atoms with van der Waals surface area (Å²) in [7, 11) is 0. The molecule has 0 saturated carbocycles. The van der Waals surface area contributed by atoms with Gasteiger partial charge in [-0.25, -0.2) is 0 Å². The molecule has 21 heavy (non-hydrogen) atoms. The molecule has 0 aliphatic rings. The first kappa shape index (κ1) is 15.6. The summed E-state index contributed by atoms with van der Waals surface area (Å²) >= 11 is 0. The van der Waals surface area contributed by atoms with Gasteiger partial charge in [0.1, 0.15) is 0 Å². The lowest BCUT2D eigenvalue weighted by molar-refractivity contribution is -0.137. The highest BCUT2D eigenvalue weighted by atomic mass is 19.4. The number of rotatable bonds is 4. The third-order valence-electron chi connectivity index (χ3n) is 3.61. The smallest absolute Gasteiger partial charge is 0.396 e. The molecule has 4 heteroatoms. The summed E-state index contributed by atoms with van der Waals surface area (Å²) in [5.74, 6) is -0.108. The monoisotopic (exact) mass is 294 g/mol. The highest BCUT2D eigenvalue weighted by Gasteiger charge is 2.30. The summed E-state index contributed by atoms with van der Waals surface area (Å²) < 4.78 is 37.6. The zero-order valence-corrected chi connectivity index (χ0v) is 11.7. The zero-order chi connectivity index (χ0) is 15.5.